The molecule has 2 aromatic rings. The van der Waals surface area contributed by atoms with Gasteiger partial charge in [-0.25, -0.2) is 10.0 Å². The van der Waals surface area contributed by atoms with Crippen LogP contribution in [0.1, 0.15) is 29.8 Å². The SMILES string of the molecule is COc1nc(C(=O)N2CCCCCO2)cc2ccccc12. The van der Waals surface area contributed by atoms with Crippen LogP contribution in [0.15, 0.2) is 30.3 Å². The van der Waals surface area contributed by atoms with Crippen LogP contribution in [0.5, 0.6) is 5.88 Å². The molecule has 5 nitrogen and oxygen atoms in total. The third kappa shape index (κ3) is 2.83. The number of carbonyl (C=O) groups excluding carboxylic acids is 1. The first-order valence-corrected chi connectivity index (χ1v) is 7.18. The van der Waals surface area contributed by atoms with E-state index in [1.165, 1.54) is 5.06 Å². The number of nitrogens with zero attached hydrogens (tertiary/aromatic N) is 2. The zero-order chi connectivity index (χ0) is 14.7. The Balaban J connectivity index is 1.97. The predicted molar refractivity (Wildman–Crippen MR) is 79.1 cm³/mol. The lowest BCUT2D eigenvalue weighted by Gasteiger charge is -2.19. The van der Waals surface area contributed by atoms with Gasteiger partial charge in [-0.2, -0.15) is 0 Å². The van der Waals surface area contributed by atoms with Crippen LogP contribution in [0.25, 0.3) is 10.8 Å². The molecule has 110 valence electrons. The van der Waals surface area contributed by atoms with Gasteiger partial charge in [-0.3, -0.25) is 9.63 Å². The molecule has 1 saturated heterocycles. The molecule has 1 aliphatic heterocycles. The standard InChI is InChI=1S/C16H18N2O3/c1-20-15-13-8-4-3-7-12(13)11-14(17-15)16(19)18-9-5-2-6-10-21-18/h3-4,7-8,11H,2,5-6,9-10H2,1H3. The monoisotopic (exact) mass is 286 g/mol. The summed E-state index contributed by atoms with van der Waals surface area (Å²) in [5.41, 5.74) is 0.354. The number of aromatic nitrogens is 1. The summed E-state index contributed by atoms with van der Waals surface area (Å²) in [4.78, 5) is 22.4. The predicted octanol–water partition coefficient (Wildman–Crippen LogP) is 2.80. The van der Waals surface area contributed by atoms with Gasteiger partial charge in [-0.1, -0.05) is 18.2 Å². The Labute approximate surface area is 123 Å². The van der Waals surface area contributed by atoms with E-state index in [0.29, 0.717) is 24.7 Å². The number of fused-ring (bicyclic) bond motifs is 1. The number of hydrogen-bond donors (Lipinski definition) is 0. The van der Waals surface area contributed by atoms with Crippen molar-refractivity contribution in [3.8, 4) is 5.88 Å². The molecule has 0 saturated carbocycles. The summed E-state index contributed by atoms with van der Waals surface area (Å²) < 4.78 is 5.31. The van der Waals surface area contributed by atoms with Crippen LogP contribution in [0, 0.1) is 0 Å². The van der Waals surface area contributed by atoms with Crippen LogP contribution in [-0.4, -0.2) is 36.2 Å². The average molecular weight is 286 g/mol. The van der Waals surface area contributed by atoms with Gasteiger partial charge in [0.1, 0.15) is 5.69 Å². The van der Waals surface area contributed by atoms with E-state index < -0.39 is 0 Å². The second-order valence-corrected chi connectivity index (χ2v) is 5.04. The maximum absolute atomic E-state index is 12.5. The fourth-order valence-electron chi connectivity index (χ4n) is 2.49. The van der Waals surface area contributed by atoms with Gasteiger partial charge < -0.3 is 4.74 Å². The van der Waals surface area contributed by atoms with Crippen molar-refractivity contribution in [3.05, 3.63) is 36.0 Å². The highest BCUT2D eigenvalue weighted by atomic mass is 16.7. The first-order chi connectivity index (χ1) is 10.3. The van der Waals surface area contributed by atoms with E-state index >= 15 is 0 Å². The van der Waals surface area contributed by atoms with Crippen molar-refractivity contribution >= 4 is 16.7 Å². The number of methoxy groups -OCH3 is 1. The summed E-state index contributed by atoms with van der Waals surface area (Å²) in [5, 5.41) is 3.25. The van der Waals surface area contributed by atoms with Crippen LogP contribution in [0.4, 0.5) is 0 Å². The van der Waals surface area contributed by atoms with Gasteiger partial charge >= 0.3 is 0 Å². The van der Waals surface area contributed by atoms with Crippen molar-refractivity contribution in [2.45, 2.75) is 19.3 Å². The van der Waals surface area contributed by atoms with E-state index in [4.69, 9.17) is 9.57 Å². The first kappa shape index (κ1) is 13.8. The zero-order valence-electron chi connectivity index (χ0n) is 12.0. The number of rotatable bonds is 2. The van der Waals surface area contributed by atoms with Gasteiger partial charge in [0, 0.05) is 11.9 Å². The highest BCUT2D eigenvalue weighted by Crippen LogP contribution is 2.25. The summed E-state index contributed by atoms with van der Waals surface area (Å²) in [6.45, 7) is 1.19. The van der Waals surface area contributed by atoms with Gasteiger partial charge in [0.15, 0.2) is 0 Å². The van der Waals surface area contributed by atoms with Crippen molar-refractivity contribution in [3.63, 3.8) is 0 Å². The fourth-order valence-corrected chi connectivity index (χ4v) is 2.49. The van der Waals surface area contributed by atoms with Gasteiger partial charge in [0.25, 0.3) is 5.91 Å². The maximum Gasteiger partial charge on any atom is 0.296 e. The second-order valence-electron chi connectivity index (χ2n) is 5.04. The topological polar surface area (TPSA) is 51.7 Å². The van der Waals surface area contributed by atoms with E-state index in [0.717, 1.165) is 30.0 Å². The molecular formula is C16H18N2O3. The van der Waals surface area contributed by atoms with Crippen LogP contribution in [-0.2, 0) is 4.84 Å². The van der Waals surface area contributed by atoms with Gasteiger partial charge in [0.05, 0.1) is 13.7 Å². The molecule has 0 atom stereocenters. The molecule has 1 aromatic carbocycles. The van der Waals surface area contributed by atoms with E-state index in [2.05, 4.69) is 4.98 Å². The zero-order valence-corrected chi connectivity index (χ0v) is 12.0. The lowest BCUT2D eigenvalue weighted by Crippen LogP contribution is -2.31. The molecule has 0 bridgehead atoms. The van der Waals surface area contributed by atoms with Gasteiger partial charge in [-0.15, -0.1) is 0 Å². The second kappa shape index (κ2) is 6.10. The highest BCUT2D eigenvalue weighted by Gasteiger charge is 2.21. The molecule has 5 heteroatoms. The molecule has 0 aliphatic carbocycles. The van der Waals surface area contributed by atoms with Gasteiger partial charge in [-0.05, 0) is 36.8 Å². The van der Waals surface area contributed by atoms with Crippen LogP contribution >= 0.6 is 0 Å². The average Bonchev–Trinajstić information content (AvgIpc) is 2.82. The van der Waals surface area contributed by atoms with Crippen LogP contribution in [0.2, 0.25) is 0 Å². The number of carbonyl (C=O) groups is 1. The van der Waals surface area contributed by atoms with Crippen LogP contribution < -0.4 is 4.74 Å². The molecule has 1 fully saturated rings. The molecule has 0 unspecified atom stereocenters. The Hall–Kier alpha value is -2.14. The molecule has 0 radical (unpaired) electrons. The van der Waals surface area contributed by atoms with E-state index in [9.17, 15) is 4.79 Å². The van der Waals surface area contributed by atoms with Crippen molar-refractivity contribution < 1.29 is 14.4 Å². The summed E-state index contributed by atoms with van der Waals surface area (Å²) in [5.74, 6) is 0.257. The number of amides is 1. The maximum atomic E-state index is 12.5. The minimum Gasteiger partial charge on any atom is -0.481 e. The molecule has 0 spiro atoms. The molecule has 1 amide bonds. The fraction of sp³-hybridized carbons (Fsp3) is 0.375. The molecule has 1 aromatic heterocycles. The van der Waals surface area contributed by atoms with Gasteiger partial charge in [0.2, 0.25) is 5.88 Å². The molecule has 3 rings (SSSR count). The number of hydroxylamine groups is 2. The highest BCUT2D eigenvalue weighted by molar-refractivity contribution is 5.97. The van der Waals surface area contributed by atoms with E-state index in [1.54, 1.807) is 13.2 Å². The minimum atomic E-state index is -0.207. The first-order valence-electron chi connectivity index (χ1n) is 7.18. The molecule has 1 aliphatic rings. The van der Waals surface area contributed by atoms with E-state index in [1.807, 2.05) is 24.3 Å². The van der Waals surface area contributed by atoms with Crippen molar-refractivity contribution in [1.29, 1.82) is 0 Å². The number of pyridine rings is 1. The Morgan fingerprint density at radius 2 is 2.14 bits per heavy atom. The summed E-state index contributed by atoms with van der Waals surface area (Å²) >= 11 is 0. The molecular weight excluding hydrogens is 268 g/mol. The number of ether oxygens (including phenoxy) is 1. The van der Waals surface area contributed by atoms with E-state index in [-0.39, 0.29) is 5.91 Å². The Morgan fingerprint density at radius 3 is 3.00 bits per heavy atom. The van der Waals surface area contributed by atoms with Crippen molar-refractivity contribution in [2.24, 2.45) is 0 Å². The lowest BCUT2D eigenvalue weighted by atomic mass is 10.1. The Bertz CT molecular complexity index is 649. The molecule has 0 N–H and O–H groups in total. The summed E-state index contributed by atoms with van der Waals surface area (Å²) in [6, 6.07) is 9.51. The normalized spacial score (nSPS) is 15.8. The van der Waals surface area contributed by atoms with Crippen LogP contribution in [0.3, 0.4) is 0 Å². The largest absolute Gasteiger partial charge is 0.481 e. The Morgan fingerprint density at radius 1 is 1.29 bits per heavy atom. The third-order valence-electron chi connectivity index (χ3n) is 3.60. The third-order valence-corrected chi connectivity index (χ3v) is 3.60. The molecule has 21 heavy (non-hydrogen) atoms. The quantitative estimate of drug-likeness (QED) is 0.852. The number of hydrogen-bond acceptors (Lipinski definition) is 4. The summed E-state index contributed by atoms with van der Waals surface area (Å²) in [6.07, 6.45) is 3.02. The lowest BCUT2D eigenvalue weighted by molar-refractivity contribution is -0.116. The summed E-state index contributed by atoms with van der Waals surface area (Å²) in [7, 11) is 1.56. The number of benzene rings is 1. The minimum absolute atomic E-state index is 0.207. The Kier molecular flexibility index (Phi) is 4.01. The smallest absolute Gasteiger partial charge is 0.296 e. The molecule has 2 heterocycles. The van der Waals surface area contributed by atoms with Crippen molar-refractivity contribution in [2.75, 3.05) is 20.3 Å². The van der Waals surface area contributed by atoms with Crippen molar-refractivity contribution in [1.82, 2.24) is 10.0 Å².